The fraction of sp³-hybridized carbons (Fsp3) is 0.455. The summed E-state index contributed by atoms with van der Waals surface area (Å²) >= 11 is 0. The molecule has 0 aliphatic carbocycles. The van der Waals surface area contributed by atoms with E-state index in [-0.39, 0.29) is 23.7 Å². The van der Waals surface area contributed by atoms with Crippen LogP contribution in [0.25, 0.3) is 0 Å². The first-order valence-corrected chi connectivity index (χ1v) is 10.2. The first-order valence-electron chi connectivity index (χ1n) is 10.2. The summed E-state index contributed by atoms with van der Waals surface area (Å²) in [6.07, 6.45) is 2.91. The largest absolute Gasteiger partial charge is 0.375 e. The number of amides is 2. The molecule has 2 aliphatic heterocycles. The van der Waals surface area contributed by atoms with Gasteiger partial charge in [0.05, 0.1) is 25.3 Å². The second-order valence-corrected chi connectivity index (χ2v) is 7.83. The van der Waals surface area contributed by atoms with Gasteiger partial charge in [-0.05, 0) is 30.7 Å². The Hall–Kier alpha value is -2.64. The number of piperidine rings is 1. The normalized spacial score (nSPS) is 22.2. The average molecular weight is 396 g/mol. The number of carbonyl (C=O) groups excluding carboxylic acids is 1. The monoisotopic (exact) mass is 396 g/mol. The van der Waals surface area contributed by atoms with Crippen molar-refractivity contribution in [2.75, 3.05) is 33.3 Å². The molecule has 2 amide bonds. The lowest BCUT2D eigenvalue weighted by molar-refractivity contribution is -0.0881. The van der Waals surface area contributed by atoms with Crippen molar-refractivity contribution in [3.63, 3.8) is 0 Å². The van der Waals surface area contributed by atoms with Crippen molar-refractivity contribution in [2.45, 2.75) is 31.7 Å². The predicted molar refractivity (Wildman–Crippen MR) is 111 cm³/mol. The predicted octanol–water partition coefficient (Wildman–Crippen LogP) is 1.51. The molecule has 29 heavy (non-hydrogen) atoms. The van der Waals surface area contributed by atoms with Crippen LogP contribution in [0.5, 0.6) is 0 Å². The van der Waals surface area contributed by atoms with E-state index in [4.69, 9.17) is 4.74 Å². The Bertz CT molecular complexity index is 895. The average Bonchev–Trinajstić information content (AvgIpc) is 2.75. The minimum atomic E-state index is -0.0256. The molecule has 2 saturated heterocycles. The molecule has 1 N–H and O–H groups in total. The molecular formula is C22H28N4O3. The Balaban J connectivity index is 1.29. The van der Waals surface area contributed by atoms with Crippen molar-refractivity contribution in [2.24, 2.45) is 0 Å². The van der Waals surface area contributed by atoms with E-state index in [0.717, 1.165) is 37.2 Å². The van der Waals surface area contributed by atoms with Gasteiger partial charge >= 0.3 is 6.03 Å². The number of morpholine rings is 1. The molecule has 2 aromatic rings. The van der Waals surface area contributed by atoms with Crippen molar-refractivity contribution in [3.05, 3.63) is 70.1 Å². The lowest BCUT2D eigenvalue weighted by atomic mass is 9.99. The number of pyridine rings is 1. The highest BCUT2D eigenvalue weighted by Gasteiger charge is 2.36. The van der Waals surface area contributed by atoms with Gasteiger partial charge in [0.15, 0.2) is 0 Å². The van der Waals surface area contributed by atoms with E-state index in [1.165, 1.54) is 0 Å². The summed E-state index contributed by atoms with van der Waals surface area (Å²) in [6, 6.07) is 13.4. The summed E-state index contributed by atoms with van der Waals surface area (Å²) < 4.78 is 7.52. The molecule has 1 aromatic heterocycles. The number of fused-ring (bicyclic) bond motifs is 1. The van der Waals surface area contributed by atoms with Gasteiger partial charge in [0, 0.05) is 38.4 Å². The third-order valence-corrected chi connectivity index (χ3v) is 5.87. The summed E-state index contributed by atoms with van der Waals surface area (Å²) in [4.78, 5) is 28.6. The van der Waals surface area contributed by atoms with Crippen molar-refractivity contribution in [1.82, 2.24) is 19.7 Å². The minimum absolute atomic E-state index is 0.0124. The van der Waals surface area contributed by atoms with Crippen LogP contribution in [0.15, 0.2) is 53.5 Å². The zero-order valence-corrected chi connectivity index (χ0v) is 16.8. The Kier molecular flexibility index (Phi) is 5.97. The van der Waals surface area contributed by atoms with Crippen molar-refractivity contribution in [3.8, 4) is 0 Å². The van der Waals surface area contributed by atoms with Gasteiger partial charge in [0.1, 0.15) is 0 Å². The van der Waals surface area contributed by atoms with Crippen molar-refractivity contribution in [1.29, 1.82) is 0 Å². The Labute approximate surface area is 170 Å². The number of nitrogens with one attached hydrogen (secondary N) is 1. The molecule has 4 rings (SSSR count). The fourth-order valence-electron chi connectivity index (χ4n) is 4.07. The van der Waals surface area contributed by atoms with E-state index in [9.17, 15) is 9.59 Å². The Morgan fingerprint density at radius 1 is 1.14 bits per heavy atom. The van der Waals surface area contributed by atoms with Gasteiger partial charge in [-0.3, -0.25) is 9.69 Å². The van der Waals surface area contributed by atoms with Crippen LogP contribution in [-0.2, 0) is 17.8 Å². The zero-order chi connectivity index (χ0) is 20.2. The van der Waals surface area contributed by atoms with E-state index in [2.05, 4.69) is 17.3 Å². The molecule has 2 aliphatic rings. The van der Waals surface area contributed by atoms with E-state index >= 15 is 0 Å². The molecule has 7 heteroatoms. The van der Waals surface area contributed by atoms with Crippen molar-refractivity contribution >= 4 is 6.03 Å². The van der Waals surface area contributed by atoms with Crippen molar-refractivity contribution < 1.29 is 9.53 Å². The number of benzene rings is 1. The number of hydrogen-bond donors (Lipinski definition) is 1. The van der Waals surface area contributed by atoms with Crippen LogP contribution in [0.3, 0.4) is 0 Å². The molecule has 154 valence electrons. The van der Waals surface area contributed by atoms with Gasteiger partial charge in [-0.2, -0.15) is 0 Å². The van der Waals surface area contributed by atoms with Crippen LogP contribution >= 0.6 is 0 Å². The lowest BCUT2D eigenvalue weighted by Gasteiger charge is -2.45. The second kappa shape index (κ2) is 8.80. The number of aromatic nitrogens is 1. The molecule has 1 aromatic carbocycles. The van der Waals surface area contributed by atoms with Crippen LogP contribution in [0.4, 0.5) is 4.79 Å². The number of ether oxygens (including phenoxy) is 1. The van der Waals surface area contributed by atoms with Gasteiger partial charge in [-0.1, -0.05) is 30.3 Å². The standard InChI is InChI=1S/C22H28N4O3/c1-24-12-13-29-20-9-11-26(16-19(20)24)22(28)23-14-17-5-7-18(8-6-17)15-25-10-3-2-4-21(25)27/h2-8,10,19-20H,9,11-16H2,1H3,(H,23,28)/t19-,20+/m1/s1. The zero-order valence-electron chi connectivity index (χ0n) is 16.8. The number of likely N-dealkylation sites (N-methyl/N-ethyl adjacent to an activating group) is 1. The smallest absolute Gasteiger partial charge is 0.317 e. The minimum Gasteiger partial charge on any atom is -0.375 e. The molecule has 0 spiro atoms. The van der Waals surface area contributed by atoms with Crippen LogP contribution in [-0.4, -0.2) is 65.8 Å². The first kappa shape index (κ1) is 19.7. The molecule has 2 fully saturated rings. The van der Waals surface area contributed by atoms with E-state index < -0.39 is 0 Å². The maximum absolute atomic E-state index is 12.6. The van der Waals surface area contributed by atoms with Gasteiger partial charge in [0.2, 0.25) is 0 Å². The molecule has 2 atom stereocenters. The molecular weight excluding hydrogens is 368 g/mol. The Morgan fingerprint density at radius 3 is 2.72 bits per heavy atom. The summed E-state index contributed by atoms with van der Waals surface area (Å²) in [6.45, 7) is 4.15. The summed E-state index contributed by atoms with van der Waals surface area (Å²) in [5, 5.41) is 3.03. The number of rotatable bonds is 4. The number of hydrogen-bond acceptors (Lipinski definition) is 4. The summed E-state index contributed by atoms with van der Waals surface area (Å²) in [7, 11) is 2.10. The van der Waals surface area contributed by atoms with Gasteiger partial charge in [-0.25, -0.2) is 4.79 Å². The van der Waals surface area contributed by atoms with E-state index in [1.54, 1.807) is 22.9 Å². The number of nitrogens with zero attached hydrogens (tertiary/aromatic N) is 3. The SMILES string of the molecule is CN1CCO[C@H]2CCN(C(=O)NCc3ccc(Cn4ccccc4=O)cc3)C[C@H]21. The molecule has 0 radical (unpaired) electrons. The van der Waals surface area contributed by atoms with Crippen LogP contribution in [0.1, 0.15) is 17.5 Å². The highest BCUT2D eigenvalue weighted by molar-refractivity contribution is 5.74. The highest BCUT2D eigenvalue weighted by Crippen LogP contribution is 2.22. The lowest BCUT2D eigenvalue weighted by Crippen LogP contribution is -2.60. The highest BCUT2D eigenvalue weighted by atomic mass is 16.5. The van der Waals surface area contributed by atoms with Gasteiger partial charge in [0.25, 0.3) is 5.56 Å². The molecule has 3 heterocycles. The topological polar surface area (TPSA) is 66.8 Å². The third-order valence-electron chi connectivity index (χ3n) is 5.87. The molecule has 0 saturated carbocycles. The van der Waals surface area contributed by atoms with Crippen LogP contribution in [0.2, 0.25) is 0 Å². The van der Waals surface area contributed by atoms with Gasteiger partial charge in [-0.15, -0.1) is 0 Å². The van der Waals surface area contributed by atoms with E-state index in [1.807, 2.05) is 35.2 Å². The molecule has 0 bridgehead atoms. The third kappa shape index (κ3) is 4.68. The fourth-order valence-corrected chi connectivity index (χ4v) is 4.07. The number of urea groups is 1. The maximum atomic E-state index is 12.6. The van der Waals surface area contributed by atoms with Gasteiger partial charge < -0.3 is 19.5 Å². The van der Waals surface area contributed by atoms with E-state index in [0.29, 0.717) is 19.6 Å². The number of likely N-dealkylation sites (tertiary alicyclic amines) is 1. The molecule has 7 nitrogen and oxygen atoms in total. The first-order chi connectivity index (χ1) is 14.1. The maximum Gasteiger partial charge on any atom is 0.317 e. The quantitative estimate of drug-likeness (QED) is 0.851. The second-order valence-electron chi connectivity index (χ2n) is 7.83. The van der Waals surface area contributed by atoms with Crippen LogP contribution < -0.4 is 10.9 Å². The van der Waals surface area contributed by atoms with Crippen LogP contribution in [0, 0.1) is 0 Å². The summed E-state index contributed by atoms with van der Waals surface area (Å²) in [5.41, 5.74) is 2.08. The molecule has 0 unspecified atom stereocenters. The Morgan fingerprint density at radius 2 is 1.93 bits per heavy atom. The number of carbonyl (C=O) groups is 1. The summed E-state index contributed by atoms with van der Waals surface area (Å²) in [5.74, 6) is 0.